The number of non-ortho nitro benzene ring substituents is 1. The third-order valence-electron chi connectivity index (χ3n) is 5.52. The van der Waals surface area contributed by atoms with E-state index >= 15 is 0 Å². The number of carbonyl (C=O) groups is 2. The molecule has 0 radical (unpaired) electrons. The van der Waals surface area contributed by atoms with E-state index in [1.54, 1.807) is 31.2 Å². The lowest BCUT2D eigenvalue weighted by Gasteiger charge is -2.18. The zero-order valence-corrected chi connectivity index (χ0v) is 19.2. The van der Waals surface area contributed by atoms with Crippen molar-refractivity contribution in [3.05, 3.63) is 104 Å². The summed E-state index contributed by atoms with van der Waals surface area (Å²) in [6, 6.07) is 16.3. The van der Waals surface area contributed by atoms with Crippen molar-refractivity contribution in [2.75, 3.05) is 0 Å². The van der Waals surface area contributed by atoms with Crippen molar-refractivity contribution in [3.63, 3.8) is 0 Å². The highest BCUT2D eigenvalue weighted by Gasteiger charge is 2.30. The molecule has 1 aliphatic heterocycles. The number of hydrogen-bond donors (Lipinski definition) is 0. The van der Waals surface area contributed by atoms with Crippen LogP contribution in [0.1, 0.15) is 58.2 Å². The first-order chi connectivity index (χ1) is 16.0. The second kappa shape index (κ2) is 8.59. The lowest BCUT2D eigenvalue weighted by Crippen LogP contribution is -2.13. The first-order valence-electron chi connectivity index (χ1n) is 10.7. The Morgan fingerprint density at radius 1 is 1.06 bits per heavy atom. The Morgan fingerprint density at radius 2 is 1.76 bits per heavy atom. The number of carbonyl (C=O) groups excluding carboxylic acids is 2. The van der Waals surface area contributed by atoms with Crippen molar-refractivity contribution in [1.29, 1.82) is 0 Å². The number of ether oxygens (including phenoxy) is 2. The minimum atomic E-state index is -0.517. The van der Waals surface area contributed by atoms with Crippen LogP contribution in [0, 0.1) is 17.0 Å². The van der Waals surface area contributed by atoms with Crippen LogP contribution >= 0.6 is 0 Å². The van der Waals surface area contributed by atoms with Crippen LogP contribution in [0.2, 0.25) is 0 Å². The number of allylic oxidation sites excluding steroid dienone is 1. The predicted molar refractivity (Wildman–Crippen MR) is 127 cm³/mol. The fourth-order valence-electron chi connectivity index (χ4n) is 3.69. The summed E-state index contributed by atoms with van der Waals surface area (Å²) in [6.07, 6.45) is 1.46. The number of hydrogen-bond acceptors (Lipinski definition) is 6. The first-order valence-corrected chi connectivity index (χ1v) is 10.7. The summed E-state index contributed by atoms with van der Waals surface area (Å²) in [6.45, 7) is 8.01. The van der Waals surface area contributed by atoms with Gasteiger partial charge in [-0.25, -0.2) is 4.79 Å². The Hall–Kier alpha value is -4.26. The zero-order chi connectivity index (χ0) is 24.6. The lowest BCUT2D eigenvalue weighted by atomic mass is 9.87. The Kier molecular flexibility index (Phi) is 5.79. The molecule has 34 heavy (non-hydrogen) atoms. The topological polar surface area (TPSA) is 95.7 Å². The lowest BCUT2D eigenvalue weighted by molar-refractivity contribution is -0.384. The largest absolute Gasteiger partial charge is 0.452 e. The van der Waals surface area contributed by atoms with Gasteiger partial charge in [-0.1, -0.05) is 45.0 Å². The van der Waals surface area contributed by atoms with Gasteiger partial charge >= 0.3 is 5.97 Å². The molecule has 1 heterocycles. The van der Waals surface area contributed by atoms with Crippen LogP contribution in [0.25, 0.3) is 6.08 Å². The van der Waals surface area contributed by atoms with Crippen molar-refractivity contribution in [1.82, 2.24) is 0 Å². The molecule has 7 nitrogen and oxygen atoms in total. The highest BCUT2D eigenvalue weighted by atomic mass is 16.6. The molecule has 172 valence electrons. The molecule has 7 heteroatoms. The van der Waals surface area contributed by atoms with E-state index in [0.717, 1.165) is 5.56 Å². The van der Waals surface area contributed by atoms with Gasteiger partial charge in [0.1, 0.15) is 11.5 Å². The van der Waals surface area contributed by atoms with E-state index in [0.29, 0.717) is 22.3 Å². The van der Waals surface area contributed by atoms with Crippen molar-refractivity contribution in [2.45, 2.75) is 33.1 Å². The standard InChI is InChI=1S/C27H23NO6/c1-16-12-21(33-26(30)18-8-10-19(11-9-18)27(2,3)4)15-22-24(16)25(29)23(34-22)14-17-6-5-7-20(13-17)28(31)32/h5-15H,1-4H3/b23-14-. The third kappa shape index (κ3) is 4.59. The molecule has 0 N–H and O–H groups in total. The SMILES string of the molecule is Cc1cc(OC(=O)c2ccc(C(C)(C)C)cc2)cc2c1C(=O)/C(=C/c1cccc([N+](=O)[O-])c1)O2. The van der Waals surface area contributed by atoms with Crippen LogP contribution in [0.5, 0.6) is 11.5 Å². The fraction of sp³-hybridized carbons (Fsp3) is 0.185. The van der Waals surface area contributed by atoms with Gasteiger partial charge in [0.2, 0.25) is 5.78 Å². The molecule has 0 atom stereocenters. The molecular formula is C27H23NO6. The highest BCUT2D eigenvalue weighted by Crippen LogP contribution is 2.38. The zero-order valence-electron chi connectivity index (χ0n) is 19.2. The van der Waals surface area contributed by atoms with Crippen molar-refractivity contribution in [3.8, 4) is 11.5 Å². The maximum Gasteiger partial charge on any atom is 0.343 e. The van der Waals surface area contributed by atoms with Crippen molar-refractivity contribution in [2.24, 2.45) is 0 Å². The molecule has 0 aliphatic carbocycles. The average molecular weight is 457 g/mol. The molecule has 0 amide bonds. The number of aryl methyl sites for hydroxylation is 1. The maximum atomic E-state index is 12.9. The summed E-state index contributed by atoms with van der Waals surface area (Å²) in [5.74, 6) is -0.288. The molecule has 3 aromatic rings. The molecule has 1 aliphatic rings. The fourth-order valence-corrected chi connectivity index (χ4v) is 3.69. The summed E-state index contributed by atoms with van der Waals surface area (Å²) in [4.78, 5) is 36.0. The number of nitro groups is 1. The summed E-state index contributed by atoms with van der Waals surface area (Å²) >= 11 is 0. The molecular weight excluding hydrogens is 434 g/mol. The summed E-state index contributed by atoms with van der Waals surface area (Å²) < 4.78 is 11.3. The van der Waals surface area contributed by atoms with Crippen LogP contribution in [0.15, 0.2) is 66.4 Å². The monoisotopic (exact) mass is 457 g/mol. The van der Waals surface area contributed by atoms with Crippen molar-refractivity contribution < 1.29 is 24.0 Å². The van der Waals surface area contributed by atoms with Gasteiger partial charge in [-0.15, -0.1) is 0 Å². The van der Waals surface area contributed by atoms with E-state index in [1.165, 1.54) is 30.3 Å². The summed E-state index contributed by atoms with van der Waals surface area (Å²) in [7, 11) is 0. The van der Waals surface area contributed by atoms with Gasteiger partial charge < -0.3 is 9.47 Å². The van der Waals surface area contributed by atoms with Gasteiger partial charge in [0, 0.05) is 18.2 Å². The number of fused-ring (bicyclic) bond motifs is 1. The molecule has 0 spiro atoms. The number of esters is 1. The van der Waals surface area contributed by atoms with E-state index in [2.05, 4.69) is 20.8 Å². The van der Waals surface area contributed by atoms with E-state index in [9.17, 15) is 19.7 Å². The molecule has 0 saturated carbocycles. The second-order valence-corrected chi connectivity index (χ2v) is 9.12. The third-order valence-corrected chi connectivity index (χ3v) is 5.52. The van der Waals surface area contributed by atoms with Gasteiger partial charge in [0.15, 0.2) is 5.76 Å². The molecule has 0 unspecified atom stereocenters. The van der Waals surface area contributed by atoms with Gasteiger partial charge in [-0.05, 0) is 53.3 Å². The van der Waals surface area contributed by atoms with Crippen LogP contribution in [0.4, 0.5) is 5.69 Å². The second-order valence-electron chi connectivity index (χ2n) is 9.12. The van der Waals surface area contributed by atoms with Crippen LogP contribution < -0.4 is 9.47 Å². The Bertz CT molecular complexity index is 1350. The molecule has 4 rings (SSSR count). The first kappa shape index (κ1) is 22.9. The van der Waals surface area contributed by atoms with Crippen LogP contribution in [-0.2, 0) is 5.41 Å². The summed E-state index contributed by atoms with van der Waals surface area (Å²) in [5.41, 5.74) is 2.83. The molecule has 0 aromatic heterocycles. The highest BCUT2D eigenvalue weighted by molar-refractivity contribution is 6.15. The van der Waals surface area contributed by atoms with Crippen molar-refractivity contribution >= 4 is 23.5 Å². The van der Waals surface area contributed by atoms with E-state index < -0.39 is 10.9 Å². The molecule has 0 bridgehead atoms. The summed E-state index contributed by atoms with van der Waals surface area (Å²) in [5, 5.41) is 11.0. The van der Waals surface area contributed by atoms with E-state index in [4.69, 9.17) is 9.47 Å². The molecule has 3 aromatic carbocycles. The maximum absolute atomic E-state index is 12.9. The molecule has 0 fully saturated rings. The molecule has 0 saturated heterocycles. The van der Waals surface area contributed by atoms with Gasteiger partial charge in [0.25, 0.3) is 5.69 Å². The number of nitrogens with zero attached hydrogens (tertiary/aromatic N) is 1. The minimum Gasteiger partial charge on any atom is -0.452 e. The quantitative estimate of drug-likeness (QED) is 0.156. The van der Waals surface area contributed by atoms with Gasteiger partial charge in [0.05, 0.1) is 16.1 Å². The smallest absolute Gasteiger partial charge is 0.343 e. The van der Waals surface area contributed by atoms with E-state index in [-0.39, 0.29) is 34.1 Å². The Morgan fingerprint density at radius 3 is 2.41 bits per heavy atom. The average Bonchev–Trinajstić information content (AvgIpc) is 3.08. The number of ketones is 1. The van der Waals surface area contributed by atoms with Gasteiger partial charge in [-0.3, -0.25) is 14.9 Å². The Balaban J connectivity index is 1.56. The number of rotatable bonds is 4. The number of benzene rings is 3. The van der Waals surface area contributed by atoms with Gasteiger partial charge in [-0.2, -0.15) is 0 Å². The Labute approximate surface area is 196 Å². The number of Topliss-reactive ketones (excluding diaryl/α,β-unsaturated/α-hetero) is 1. The number of nitro benzene ring substituents is 1. The minimum absolute atomic E-state index is 0.0285. The van der Waals surface area contributed by atoms with Crippen LogP contribution in [-0.4, -0.2) is 16.7 Å². The van der Waals surface area contributed by atoms with Crippen LogP contribution in [0.3, 0.4) is 0 Å². The predicted octanol–water partition coefficient (Wildman–Crippen LogP) is 6.04. The normalized spacial score (nSPS) is 14.0. The van der Waals surface area contributed by atoms with E-state index in [1.807, 2.05) is 12.1 Å².